The number of nitrogens with zero attached hydrogens (tertiary/aromatic N) is 1. The first kappa shape index (κ1) is 15.9. The first-order valence-electron chi connectivity index (χ1n) is 7.58. The van der Waals surface area contributed by atoms with Crippen LogP contribution >= 0.6 is 0 Å². The van der Waals surface area contributed by atoms with Crippen molar-refractivity contribution in [2.45, 2.75) is 39.3 Å². The van der Waals surface area contributed by atoms with E-state index >= 15 is 0 Å². The van der Waals surface area contributed by atoms with Crippen LogP contribution in [0.1, 0.15) is 37.6 Å². The molecule has 1 fully saturated rings. The Bertz CT molecular complexity index is 476. The predicted molar refractivity (Wildman–Crippen MR) is 80.7 cm³/mol. The van der Waals surface area contributed by atoms with Crippen LogP contribution in [0.15, 0.2) is 18.5 Å². The van der Waals surface area contributed by atoms with Gasteiger partial charge in [0.25, 0.3) is 0 Å². The maximum atomic E-state index is 12.6. The van der Waals surface area contributed by atoms with Gasteiger partial charge in [-0.15, -0.1) is 0 Å². The van der Waals surface area contributed by atoms with E-state index in [2.05, 4.69) is 17.2 Å². The molecule has 2 unspecified atom stereocenters. The van der Waals surface area contributed by atoms with E-state index in [1.807, 2.05) is 13.8 Å². The number of hydrogen-bond donors (Lipinski definition) is 1. The zero-order valence-corrected chi connectivity index (χ0v) is 13.0. The third-order valence-electron chi connectivity index (χ3n) is 3.44. The molecular formula is C16H24N2O3. The fourth-order valence-electron chi connectivity index (χ4n) is 2.45. The highest BCUT2D eigenvalue weighted by Crippen LogP contribution is 2.21. The molecule has 2 atom stereocenters. The van der Waals surface area contributed by atoms with E-state index in [0.29, 0.717) is 24.5 Å². The number of carbonyl (C=O) groups is 1. The van der Waals surface area contributed by atoms with Crippen molar-refractivity contribution in [3.8, 4) is 5.75 Å². The lowest BCUT2D eigenvalue weighted by molar-refractivity contribution is 0.0890. The van der Waals surface area contributed by atoms with E-state index in [-0.39, 0.29) is 23.8 Å². The van der Waals surface area contributed by atoms with Crippen molar-refractivity contribution < 1.29 is 14.3 Å². The molecule has 1 aromatic rings. The minimum atomic E-state index is -0.146. The van der Waals surface area contributed by atoms with Crippen molar-refractivity contribution >= 4 is 5.78 Å². The molecule has 1 N–H and O–H groups in total. The van der Waals surface area contributed by atoms with Crippen molar-refractivity contribution in [2.24, 2.45) is 5.92 Å². The molecule has 21 heavy (non-hydrogen) atoms. The lowest BCUT2D eigenvalue weighted by Crippen LogP contribution is -2.39. The second kappa shape index (κ2) is 7.52. The van der Waals surface area contributed by atoms with E-state index in [4.69, 9.17) is 9.47 Å². The third kappa shape index (κ3) is 4.25. The van der Waals surface area contributed by atoms with Gasteiger partial charge >= 0.3 is 0 Å². The molecule has 0 bridgehead atoms. The summed E-state index contributed by atoms with van der Waals surface area (Å²) in [7, 11) is 0. The molecule has 0 aliphatic carbocycles. The van der Waals surface area contributed by atoms with E-state index in [0.717, 1.165) is 13.0 Å². The van der Waals surface area contributed by atoms with Gasteiger partial charge in [0.2, 0.25) is 0 Å². The van der Waals surface area contributed by atoms with Crippen molar-refractivity contribution in [1.29, 1.82) is 0 Å². The van der Waals surface area contributed by atoms with E-state index in [1.165, 1.54) is 0 Å². The summed E-state index contributed by atoms with van der Waals surface area (Å²) >= 11 is 0. The molecule has 5 nitrogen and oxygen atoms in total. The summed E-state index contributed by atoms with van der Waals surface area (Å²) in [5.74, 6) is 0.559. The Morgan fingerprint density at radius 3 is 3.00 bits per heavy atom. The molecule has 1 aliphatic rings. The Kier molecular flexibility index (Phi) is 5.70. The molecule has 0 radical (unpaired) electrons. The van der Waals surface area contributed by atoms with E-state index in [9.17, 15) is 4.79 Å². The quantitative estimate of drug-likeness (QED) is 0.780. The first-order valence-corrected chi connectivity index (χ1v) is 7.58. The monoisotopic (exact) mass is 292 g/mol. The fourth-order valence-corrected chi connectivity index (χ4v) is 2.45. The highest BCUT2D eigenvalue weighted by atomic mass is 16.5. The van der Waals surface area contributed by atoms with Gasteiger partial charge in [-0.05, 0) is 32.9 Å². The molecule has 0 aromatic carbocycles. The van der Waals surface area contributed by atoms with Crippen LogP contribution in [0.3, 0.4) is 0 Å². The van der Waals surface area contributed by atoms with E-state index in [1.54, 1.807) is 18.5 Å². The second-order valence-corrected chi connectivity index (χ2v) is 5.64. The van der Waals surface area contributed by atoms with Gasteiger partial charge < -0.3 is 14.8 Å². The Morgan fingerprint density at radius 1 is 1.48 bits per heavy atom. The lowest BCUT2D eigenvalue weighted by atomic mass is 9.94. The van der Waals surface area contributed by atoms with Gasteiger partial charge in [0, 0.05) is 17.8 Å². The lowest BCUT2D eigenvalue weighted by Gasteiger charge is -2.18. The number of nitrogens with one attached hydrogen (secondary N) is 1. The maximum absolute atomic E-state index is 12.6. The highest BCUT2D eigenvalue weighted by molar-refractivity contribution is 5.98. The van der Waals surface area contributed by atoms with Crippen LogP contribution in [0.5, 0.6) is 5.75 Å². The zero-order valence-electron chi connectivity index (χ0n) is 13.0. The predicted octanol–water partition coefficient (Wildman–Crippen LogP) is 2.07. The number of ketones is 1. The van der Waals surface area contributed by atoms with Gasteiger partial charge in [0.1, 0.15) is 5.75 Å². The summed E-state index contributed by atoms with van der Waals surface area (Å²) in [5.41, 5.74) is 0.590. The summed E-state index contributed by atoms with van der Waals surface area (Å²) in [5, 5.41) is 3.38. The normalized spacial score (nSPS) is 21.7. The smallest absolute Gasteiger partial charge is 0.171 e. The van der Waals surface area contributed by atoms with Gasteiger partial charge in [0.05, 0.1) is 31.4 Å². The molecule has 2 heterocycles. The average Bonchev–Trinajstić information content (AvgIpc) is 2.92. The minimum Gasteiger partial charge on any atom is -0.489 e. The topological polar surface area (TPSA) is 60.5 Å². The Hall–Kier alpha value is -1.46. The van der Waals surface area contributed by atoms with Gasteiger partial charge in [-0.25, -0.2) is 0 Å². The molecule has 2 rings (SSSR count). The van der Waals surface area contributed by atoms with Crippen LogP contribution in [0, 0.1) is 5.92 Å². The zero-order chi connectivity index (χ0) is 15.2. The molecular weight excluding hydrogens is 268 g/mol. The minimum absolute atomic E-state index is 0.0611. The molecule has 0 amide bonds. The number of Topliss-reactive ketones (excluding diaryl/α,β-unsaturated/α-hetero) is 1. The summed E-state index contributed by atoms with van der Waals surface area (Å²) in [6.45, 7) is 7.96. The van der Waals surface area contributed by atoms with Crippen molar-refractivity contribution in [2.75, 3.05) is 19.8 Å². The molecule has 1 aliphatic heterocycles. The van der Waals surface area contributed by atoms with Crippen molar-refractivity contribution in [3.05, 3.63) is 24.0 Å². The van der Waals surface area contributed by atoms with Gasteiger partial charge in [-0.2, -0.15) is 0 Å². The fraction of sp³-hybridized carbons (Fsp3) is 0.625. The number of hydrogen-bond acceptors (Lipinski definition) is 5. The Labute approximate surface area is 126 Å². The van der Waals surface area contributed by atoms with Crippen LogP contribution in [-0.2, 0) is 4.74 Å². The van der Waals surface area contributed by atoms with Crippen molar-refractivity contribution in [3.63, 3.8) is 0 Å². The summed E-state index contributed by atoms with van der Waals surface area (Å²) < 4.78 is 11.1. The standard InChI is InChI=1S/C16H24N2O3/c1-4-5-18-15-10-20-9-14(15)16(19)12-6-13(8-17-7-12)21-11(2)3/h6-8,11,14-15,18H,4-5,9-10H2,1-3H3. The number of ether oxygens (including phenoxy) is 2. The molecule has 1 aromatic heterocycles. The molecule has 0 spiro atoms. The number of aromatic nitrogens is 1. The van der Waals surface area contributed by atoms with Crippen LogP contribution in [0.4, 0.5) is 0 Å². The van der Waals surface area contributed by atoms with Crippen LogP contribution in [0.2, 0.25) is 0 Å². The van der Waals surface area contributed by atoms with Crippen LogP contribution < -0.4 is 10.1 Å². The molecule has 1 saturated heterocycles. The summed E-state index contributed by atoms with van der Waals surface area (Å²) in [6, 6.07) is 1.86. The highest BCUT2D eigenvalue weighted by Gasteiger charge is 2.34. The third-order valence-corrected chi connectivity index (χ3v) is 3.44. The Balaban J connectivity index is 2.08. The molecule has 116 valence electrons. The van der Waals surface area contributed by atoms with Gasteiger partial charge in [0.15, 0.2) is 5.78 Å². The van der Waals surface area contributed by atoms with Crippen molar-refractivity contribution in [1.82, 2.24) is 10.3 Å². The second-order valence-electron chi connectivity index (χ2n) is 5.64. The van der Waals surface area contributed by atoms with Gasteiger partial charge in [-0.1, -0.05) is 6.92 Å². The molecule has 5 heteroatoms. The van der Waals surface area contributed by atoms with E-state index < -0.39 is 0 Å². The van der Waals surface area contributed by atoms with Gasteiger partial charge in [-0.3, -0.25) is 9.78 Å². The largest absolute Gasteiger partial charge is 0.489 e. The number of rotatable bonds is 7. The SMILES string of the molecule is CCCNC1COCC1C(=O)c1cncc(OC(C)C)c1. The van der Waals surface area contributed by atoms with Crippen LogP contribution in [0.25, 0.3) is 0 Å². The maximum Gasteiger partial charge on any atom is 0.171 e. The summed E-state index contributed by atoms with van der Waals surface area (Å²) in [4.78, 5) is 16.8. The summed E-state index contributed by atoms with van der Waals surface area (Å²) in [6.07, 6.45) is 4.34. The Morgan fingerprint density at radius 2 is 2.29 bits per heavy atom. The number of pyridine rings is 1. The molecule has 0 saturated carbocycles. The average molecular weight is 292 g/mol. The van der Waals surface area contributed by atoms with Crippen LogP contribution in [-0.4, -0.2) is 42.7 Å². The number of carbonyl (C=O) groups excluding carboxylic acids is 1. The first-order chi connectivity index (χ1) is 10.1.